The average molecular weight is 444 g/mol. The highest BCUT2D eigenvalue weighted by molar-refractivity contribution is 6.30. The van der Waals surface area contributed by atoms with Crippen LogP contribution in [0.2, 0.25) is 5.02 Å². The third kappa shape index (κ3) is 6.71. The van der Waals surface area contributed by atoms with Gasteiger partial charge in [0.1, 0.15) is 0 Å². The molecule has 0 radical (unpaired) electrons. The average Bonchev–Trinajstić information content (AvgIpc) is 2.79. The quantitative estimate of drug-likeness (QED) is 0.565. The van der Waals surface area contributed by atoms with E-state index in [1.165, 1.54) is 0 Å². The first-order valence-electron chi connectivity index (χ1n) is 10.8. The van der Waals surface area contributed by atoms with Crippen LogP contribution in [0.25, 0.3) is 0 Å². The maximum Gasteiger partial charge on any atom is 0.253 e. The first-order valence-corrected chi connectivity index (χ1v) is 11.2. The topological polar surface area (TPSA) is 70.7 Å². The van der Waals surface area contributed by atoms with E-state index in [9.17, 15) is 9.59 Å². The van der Waals surface area contributed by atoms with E-state index >= 15 is 0 Å². The van der Waals surface area contributed by atoms with Gasteiger partial charge in [-0.2, -0.15) is 0 Å². The monoisotopic (exact) mass is 443 g/mol. The number of nitrogens with one attached hydrogen (secondary N) is 2. The number of hydrogen-bond donors (Lipinski definition) is 2. The second-order valence-corrected chi connectivity index (χ2v) is 8.02. The van der Waals surface area contributed by atoms with E-state index < -0.39 is 0 Å². The fourth-order valence-corrected chi connectivity index (χ4v) is 3.90. The zero-order chi connectivity index (χ0) is 22.1. The molecule has 2 N–H and O–H groups in total. The molecule has 0 bridgehead atoms. The SMILES string of the molecule is CCOCCCNC(=O)c1ccccc1NC(=O)C1CCN(c2cccc(Cl)c2)CC1. The zero-order valence-electron chi connectivity index (χ0n) is 17.9. The third-order valence-electron chi connectivity index (χ3n) is 5.42. The Bertz CT molecular complexity index is 882. The van der Waals surface area contributed by atoms with Crippen LogP contribution in [-0.4, -0.2) is 44.7 Å². The van der Waals surface area contributed by atoms with Crippen molar-refractivity contribution >= 4 is 34.8 Å². The molecule has 0 aliphatic carbocycles. The third-order valence-corrected chi connectivity index (χ3v) is 5.66. The van der Waals surface area contributed by atoms with Crippen molar-refractivity contribution in [3.8, 4) is 0 Å². The molecule has 0 saturated carbocycles. The normalized spacial score (nSPS) is 14.3. The molecule has 1 aliphatic rings. The molecule has 31 heavy (non-hydrogen) atoms. The minimum absolute atomic E-state index is 0.0395. The Hall–Kier alpha value is -2.57. The van der Waals surface area contributed by atoms with Crippen molar-refractivity contribution in [3.63, 3.8) is 0 Å². The van der Waals surface area contributed by atoms with E-state index in [4.69, 9.17) is 16.3 Å². The van der Waals surface area contributed by atoms with Crippen LogP contribution in [0.1, 0.15) is 36.5 Å². The molecule has 2 amide bonds. The lowest BCUT2D eigenvalue weighted by atomic mass is 9.95. The molecule has 3 rings (SSSR count). The van der Waals surface area contributed by atoms with Gasteiger partial charge in [-0.15, -0.1) is 0 Å². The number of ether oxygens (including phenoxy) is 1. The Morgan fingerprint density at radius 1 is 1.13 bits per heavy atom. The number of carbonyl (C=O) groups excluding carboxylic acids is 2. The van der Waals surface area contributed by atoms with Gasteiger partial charge >= 0.3 is 0 Å². The predicted molar refractivity (Wildman–Crippen MR) is 125 cm³/mol. The van der Waals surface area contributed by atoms with Crippen molar-refractivity contribution in [3.05, 3.63) is 59.1 Å². The van der Waals surface area contributed by atoms with Gasteiger partial charge in [-0.3, -0.25) is 9.59 Å². The molecule has 0 atom stereocenters. The van der Waals surface area contributed by atoms with Crippen LogP contribution in [0.4, 0.5) is 11.4 Å². The summed E-state index contributed by atoms with van der Waals surface area (Å²) < 4.78 is 5.29. The van der Waals surface area contributed by atoms with Crippen molar-refractivity contribution in [1.29, 1.82) is 0 Å². The number of rotatable bonds is 9. The number of amides is 2. The Morgan fingerprint density at radius 2 is 1.90 bits per heavy atom. The standard InChI is InChI=1S/C24H30ClN3O3/c1-2-31-16-6-13-26-24(30)21-9-3-4-10-22(21)27-23(29)18-11-14-28(15-12-18)20-8-5-7-19(25)17-20/h3-5,7-10,17-18H,2,6,11-16H2,1H3,(H,26,30)(H,27,29). The summed E-state index contributed by atoms with van der Waals surface area (Å²) >= 11 is 6.10. The molecular weight excluding hydrogens is 414 g/mol. The van der Waals surface area contributed by atoms with Crippen molar-refractivity contribution < 1.29 is 14.3 Å². The maximum atomic E-state index is 12.9. The van der Waals surface area contributed by atoms with Gasteiger partial charge < -0.3 is 20.3 Å². The molecule has 166 valence electrons. The molecule has 2 aromatic rings. The summed E-state index contributed by atoms with van der Waals surface area (Å²) in [6.07, 6.45) is 2.26. The van der Waals surface area contributed by atoms with E-state index in [1.807, 2.05) is 37.3 Å². The van der Waals surface area contributed by atoms with Gasteiger partial charge in [0.15, 0.2) is 0 Å². The van der Waals surface area contributed by atoms with Gasteiger partial charge in [-0.1, -0.05) is 29.8 Å². The first kappa shape index (κ1) is 23.1. The summed E-state index contributed by atoms with van der Waals surface area (Å²) in [6.45, 7) is 5.34. The number of anilines is 2. The molecular formula is C24H30ClN3O3. The molecule has 1 heterocycles. The van der Waals surface area contributed by atoms with Crippen LogP contribution in [0.15, 0.2) is 48.5 Å². The minimum Gasteiger partial charge on any atom is -0.382 e. The fraction of sp³-hybridized carbons (Fsp3) is 0.417. The van der Waals surface area contributed by atoms with E-state index in [0.29, 0.717) is 36.0 Å². The number of hydrogen-bond acceptors (Lipinski definition) is 4. The molecule has 0 aromatic heterocycles. The second kappa shape index (κ2) is 11.7. The molecule has 6 nitrogen and oxygen atoms in total. The Morgan fingerprint density at radius 3 is 2.65 bits per heavy atom. The van der Waals surface area contributed by atoms with E-state index in [1.54, 1.807) is 18.2 Å². The highest BCUT2D eigenvalue weighted by atomic mass is 35.5. The van der Waals surface area contributed by atoms with Gasteiger partial charge in [0.2, 0.25) is 5.91 Å². The predicted octanol–water partition coefficient (Wildman–Crippen LogP) is 4.35. The Labute approximate surface area is 188 Å². The van der Waals surface area contributed by atoms with Gasteiger partial charge in [0.05, 0.1) is 11.3 Å². The smallest absolute Gasteiger partial charge is 0.253 e. The number of piperidine rings is 1. The van der Waals surface area contributed by atoms with Crippen molar-refractivity contribution in [2.24, 2.45) is 5.92 Å². The number of benzene rings is 2. The van der Waals surface area contributed by atoms with Gasteiger partial charge in [0.25, 0.3) is 5.91 Å². The summed E-state index contributed by atoms with van der Waals surface area (Å²) in [5, 5.41) is 6.58. The lowest BCUT2D eigenvalue weighted by molar-refractivity contribution is -0.120. The summed E-state index contributed by atoms with van der Waals surface area (Å²) in [5.74, 6) is -0.316. The number of carbonyl (C=O) groups is 2. The highest BCUT2D eigenvalue weighted by Crippen LogP contribution is 2.26. The number of halogens is 1. The summed E-state index contributed by atoms with van der Waals surface area (Å²) in [6, 6.07) is 14.9. The van der Waals surface area contributed by atoms with Crippen LogP contribution in [0, 0.1) is 5.92 Å². The van der Waals surface area contributed by atoms with E-state index in [-0.39, 0.29) is 17.7 Å². The van der Waals surface area contributed by atoms with Gasteiger partial charge in [0, 0.05) is 49.5 Å². The van der Waals surface area contributed by atoms with Crippen LogP contribution >= 0.6 is 11.6 Å². The minimum atomic E-state index is -0.192. The fourth-order valence-electron chi connectivity index (χ4n) is 3.71. The van der Waals surface area contributed by atoms with Crippen LogP contribution < -0.4 is 15.5 Å². The van der Waals surface area contributed by atoms with Crippen LogP contribution in [0.3, 0.4) is 0 Å². The first-order chi connectivity index (χ1) is 15.1. The van der Waals surface area contributed by atoms with E-state index in [2.05, 4.69) is 15.5 Å². The molecule has 7 heteroatoms. The molecule has 2 aromatic carbocycles. The Kier molecular flexibility index (Phi) is 8.74. The van der Waals surface area contributed by atoms with E-state index in [0.717, 1.165) is 38.0 Å². The second-order valence-electron chi connectivity index (χ2n) is 7.58. The maximum absolute atomic E-state index is 12.9. The number of para-hydroxylation sites is 1. The molecule has 1 saturated heterocycles. The lowest BCUT2D eigenvalue weighted by Crippen LogP contribution is -2.38. The Balaban J connectivity index is 1.53. The molecule has 0 unspecified atom stereocenters. The zero-order valence-corrected chi connectivity index (χ0v) is 18.7. The van der Waals surface area contributed by atoms with Crippen molar-refractivity contribution in [1.82, 2.24) is 5.32 Å². The van der Waals surface area contributed by atoms with Crippen molar-refractivity contribution in [2.45, 2.75) is 26.2 Å². The summed E-state index contributed by atoms with van der Waals surface area (Å²) in [7, 11) is 0. The largest absolute Gasteiger partial charge is 0.382 e. The highest BCUT2D eigenvalue weighted by Gasteiger charge is 2.26. The lowest BCUT2D eigenvalue weighted by Gasteiger charge is -2.33. The van der Waals surface area contributed by atoms with Gasteiger partial charge in [-0.25, -0.2) is 0 Å². The molecule has 0 spiro atoms. The number of nitrogens with zero attached hydrogens (tertiary/aromatic N) is 1. The van der Waals surface area contributed by atoms with Crippen molar-refractivity contribution in [2.75, 3.05) is 43.1 Å². The van der Waals surface area contributed by atoms with Crippen LogP contribution in [0.5, 0.6) is 0 Å². The molecule has 1 fully saturated rings. The summed E-state index contributed by atoms with van der Waals surface area (Å²) in [4.78, 5) is 27.7. The summed E-state index contributed by atoms with van der Waals surface area (Å²) in [5.41, 5.74) is 2.11. The van der Waals surface area contributed by atoms with Gasteiger partial charge in [-0.05, 0) is 56.5 Å². The van der Waals surface area contributed by atoms with Crippen LogP contribution in [-0.2, 0) is 9.53 Å². The molecule has 1 aliphatic heterocycles.